The number of rotatable bonds is 6. The van der Waals surface area contributed by atoms with E-state index >= 15 is 0 Å². The minimum Gasteiger partial charge on any atom is -0.457 e. The van der Waals surface area contributed by atoms with E-state index in [1.807, 2.05) is 24.3 Å². The Morgan fingerprint density at radius 3 is 2.38 bits per heavy atom. The summed E-state index contributed by atoms with van der Waals surface area (Å²) in [5.74, 6) is -0.00355. The van der Waals surface area contributed by atoms with Crippen LogP contribution in [0.3, 0.4) is 0 Å². The monoisotopic (exact) mass is 489 g/mol. The Bertz CT molecular complexity index is 1130. The number of benzene rings is 2. The number of piperidine rings is 1. The van der Waals surface area contributed by atoms with Gasteiger partial charge in [-0.2, -0.15) is 0 Å². The predicted molar refractivity (Wildman–Crippen MR) is 130 cm³/mol. The molecule has 184 valence electrons. The molecule has 0 spiro atoms. The molecule has 3 N–H and O–H groups in total. The van der Waals surface area contributed by atoms with Crippen molar-refractivity contribution in [3.8, 4) is 0 Å². The van der Waals surface area contributed by atoms with Crippen LogP contribution in [0.15, 0.2) is 53.5 Å². The number of amidine groups is 1. The Kier molecular flexibility index (Phi) is 7.25. The summed E-state index contributed by atoms with van der Waals surface area (Å²) in [7, 11) is -3.90. The van der Waals surface area contributed by atoms with E-state index in [0.717, 1.165) is 25.9 Å². The average molecular weight is 490 g/mol. The van der Waals surface area contributed by atoms with Crippen LogP contribution in [0.25, 0.3) is 0 Å². The van der Waals surface area contributed by atoms with Crippen LogP contribution >= 0.6 is 0 Å². The van der Waals surface area contributed by atoms with Crippen LogP contribution in [0, 0.1) is 5.82 Å². The van der Waals surface area contributed by atoms with E-state index in [2.05, 4.69) is 15.0 Å². The van der Waals surface area contributed by atoms with Gasteiger partial charge < -0.3 is 15.2 Å². The number of sulfonamides is 1. The molecule has 2 fully saturated rings. The molecular weight excluding hydrogens is 457 g/mol. The van der Waals surface area contributed by atoms with E-state index in [1.54, 1.807) is 32.0 Å². The molecule has 4 rings (SSSR count). The maximum Gasteiger partial charge on any atom is 0.299 e. The lowest BCUT2D eigenvalue weighted by molar-refractivity contribution is 0.0758. The lowest BCUT2D eigenvalue weighted by Crippen LogP contribution is -2.53. The molecule has 2 aliphatic rings. The highest BCUT2D eigenvalue weighted by Crippen LogP contribution is 2.40. The van der Waals surface area contributed by atoms with Gasteiger partial charge in [0.05, 0.1) is 6.04 Å². The molecule has 0 radical (unpaired) electrons. The lowest BCUT2D eigenvalue weighted by atomic mass is 9.88. The topological polar surface area (TPSA) is 100 Å². The van der Waals surface area contributed by atoms with Crippen LogP contribution in [0.2, 0.25) is 0 Å². The molecule has 0 aliphatic carbocycles. The van der Waals surface area contributed by atoms with Gasteiger partial charge in [-0.1, -0.05) is 42.5 Å². The first-order chi connectivity index (χ1) is 16.2. The van der Waals surface area contributed by atoms with Gasteiger partial charge in [-0.25, -0.2) is 22.5 Å². The van der Waals surface area contributed by atoms with E-state index in [9.17, 15) is 17.9 Å². The van der Waals surface area contributed by atoms with Gasteiger partial charge in [0, 0.05) is 12.2 Å². The summed E-state index contributed by atoms with van der Waals surface area (Å²) in [5, 5.41) is 11.9. The van der Waals surface area contributed by atoms with E-state index in [4.69, 9.17) is 4.74 Å². The summed E-state index contributed by atoms with van der Waals surface area (Å²) < 4.78 is 49.5. The highest BCUT2D eigenvalue weighted by atomic mass is 32.2. The number of halogens is 1. The van der Waals surface area contributed by atoms with Crippen molar-refractivity contribution in [1.82, 2.24) is 10.0 Å². The SMILES string of the molecule is CC1(C)OC(=NC(CCO)c2ccccc2F)NS(=O)(=O)C1c1ccc(C2CCNCC2)cc1. The molecule has 2 heterocycles. The van der Waals surface area contributed by atoms with Crippen molar-refractivity contribution in [3.05, 3.63) is 71.0 Å². The number of hydrogen-bond acceptors (Lipinski definition) is 6. The number of aliphatic imine (C=N–C) groups is 1. The van der Waals surface area contributed by atoms with Crippen molar-refractivity contribution in [2.75, 3.05) is 19.7 Å². The van der Waals surface area contributed by atoms with Gasteiger partial charge in [0.15, 0.2) is 0 Å². The van der Waals surface area contributed by atoms with Gasteiger partial charge in [0.2, 0.25) is 10.0 Å². The zero-order valence-electron chi connectivity index (χ0n) is 19.5. The van der Waals surface area contributed by atoms with E-state index in [1.165, 1.54) is 11.6 Å². The predicted octanol–water partition coefficient (Wildman–Crippen LogP) is 3.54. The highest BCUT2D eigenvalue weighted by Gasteiger charge is 2.48. The molecule has 2 unspecified atom stereocenters. The Morgan fingerprint density at radius 2 is 1.76 bits per heavy atom. The molecule has 0 saturated carbocycles. The number of ether oxygens (including phenoxy) is 1. The molecule has 2 aliphatic heterocycles. The average Bonchev–Trinajstić information content (AvgIpc) is 2.79. The second-order valence-corrected chi connectivity index (χ2v) is 11.2. The summed E-state index contributed by atoms with van der Waals surface area (Å²) in [6.45, 7) is 5.14. The van der Waals surface area contributed by atoms with Gasteiger partial charge in [0.25, 0.3) is 6.02 Å². The van der Waals surface area contributed by atoms with E-state index in [-0.39, 0.29) is 24.6 Å². The summed E-state index contributed by atoms with van der Waals surface area (Å²) in [6.07, 6.45) is 2.25. The fourth-order valence-corrected chi connectivity index (χ4v) is 6.67. The lowest BCUT2D eigenvalue weighted by Gasteiger charge is -2.39. The van der Waals surface area contributed by atoms with Crippen LogP contribution in [0.5, 0.6) is 0 Å². The quantitative estimate of drug-likeness (QED) is 0.576. The van der Waals surface area contributed by atoms with Crippen molar-refractivity contribution < 1.29 is 22.7 Å². The number of aliphatic hydroxyl groups excluding tert-OH is 1. The molecule has 0 amide bonds. The second kappa shape index (κ2) is 10.0. The van der Waals surface area contributed by atoms with E-state index < -0.39 is 32.7 Å². The third-order valence-electron chi connectivity index (χ3n) is 6.52. The Hall–Kier alpha value is -2.49. The molecular formula is C25H32FN3O4S. The molecule has 0 aromatic heterocycles. The smallest absolute Gasteiger partial charge is 0.299 e. The maximum absolute atomic E-state index is 14.3. The van der Waals surface area contributed by atoms with Gasteiger partial charge in [-0.05, 0) is 69.3 Å². The third-order valence-corrected chi connectivity index (χ3v) is 8.44. The van der Waals surface area contributed by atoms with Gasteiger partial charge in [-0.3, -0.25) is 0 Å². The van der Waals surface area contributed by atoms with Crippen LogP contribution in [-0.2, 0) is 14.8 Å². The normalized spacial score (nSPS) is 24.2. The van der Waals surface area contributed by atoms with Crippen molar-refractivity contribution in [2.45, 2.75) is 55.9 Å². The number of nitrogens with zero attached hydrogens (tertiary/aromatic N) is 1. The minimum atomic E-state index is -3.90. The first-order valence-corrected chi connectivity index (χ1v) is 13.2. The molecule has 34 heavy (non-hydrogen) atoms. The summed E-state index contributed by atoms with van der Waals surface area (Å²) >= 11 is 0. The first-order valence-electron chi connectivity index (χ1n) is 11.7. The third kappa shape index (κ3) is 5.26. The minimum absolute atomic E-state index is 0.123. The summed E-state index contributed by atoms with van der Waals surface area (Å²) in [5.41, 5.74) is 0.984. The number of aliphatic hydroxyl groups is 1. The molecule has 0 bridgehead atoms. The van der Waals surface area contributed by atoms with Gasteiger partial charge in [-0.15, -0.1) is 0 Å². The fourth-order valence-electron chi connectivity index (χ4n) is 4.91. The number of hydrogen-bond donors (Lipinski definition) is 3. The largest absolute Gasteiger partial charge is 0.457 e. The van der Waals surface area contributed by atoms with Crippen LogP contribution < -0.4 is 10.0 Å². The summed E-state index contributed by atoms with van der Waals surface area (Å²) in [4.78, 5) is 4.35. The second-order valence-electron chi connectivity index (χ2n) is 9.41. The molecule has 7 nitrogen and oxygen atoms in total. The van der Waals surface area contributed by atoms with Crippen molar-refractivity contribution in [1.29, 1.82) is 0 Å². The standard InChI is InChI=1S/C25H32FN3O4S/c1-25(2)23(19-9-7-17(8-10-19)18-11-14-27-15-12-18)34(31,32)29-24(33-25)28-22(13-16-30)20-5-3-4-6-21(20)26/h3-10,18,22-23,27,30H,11-16H2,1-2H3,(H,28,29). The van der Waals surface area contributed by atoms with Crippen LogP contribution in [0.4, 0.5) is 4.39 Å². The van der Waals surface area contributed by atoms with Crippen molar-refractivity contribution in [2.24, 2.45) is 4.99 Å². The zero-order chi connectivity index (χ0) is 24.3. The van der Waals surface area contributed by atoms with E-state index in [0.29, 0.717) is 11.5 Å². The molecule has 2 saturated heterocycles. The Labute approximate surface area is 200 Å². The van der Waals surface area contributed by atoms with Gasteiger partial charge >= 0.3 is 0 Å². The Balaban J connectivity index is 1.60. The molecule has 9 heteroatoms. The molecule has 2 aromatic carbocycles. The van der Waals surface area contributed by atoms with Gasteiger partial charge in [0.1, 0.15) is 16.7 Å². The number of nitrogens with one attached hydrogen (secondary N) is 2. The van der Waals surface area contributed by atoms with Crippen molar-refractivity contribution in [3.63, 3.8) is 0 Å². The van der Waals surface area contributed by atoms with Crippen molar-refractivity contribution >= 4 is 16.0 Å². The highest BCUT2D eigenvalue weighted by molar-refractivity contribution is 7.90. The zero-order valence-corrected chi connectivity index (χ0v) is 20.3. The summed E-state index contributed by atoms with van der Waals surface area (Å²) in [6, 6.07) is 12.9. The maximum atomic E-state index is 14.3. The van der Waals surface area contributed by atoms with Crippen LogP contribution in [-0.4, -0.2) is 44.8 Å². The first kappa shape index (κ1) is 24.6. The van der Waals surface area contributed by atoms with Crippen LogP contribution in [0.1, 0.15) is 67.0 Å². The fraction of sp³-hybridized carbons (Fsp3) is 0.480. The molecule has 2 atom stereocenters. The molecule has 2 aromatic rings. The Morgan fingerprint density at radius 1 is 1.12 bits per heavy atom.